The lowest BCUT2D eigenvalue weighted by Gasteiger charge is -2.10. The lowest BCUT2D eigenvalue weighted by Crippen LogP contribution is -1.90. The van der Waals surface area contributed by atoms with E-state index in [-0.39, 0.29) is 0 Å². The van der Waals surface area contributed by atoms with Gasteiger partial charge in [-0.1, -0.05) is 41.9 Å². The summed E-state index contributed by atoms with van der Waals surface area (Å²) in [4.78, 5) is 10.7. The molecule has 0 radical (unpaired) electrons. The van der Waals surface area contributed by atoms with Gasteiger partial charge in [-0.3, -0.25) is 4.79 Å². The van der Waals surface area contributed by atoms with Gasteiger partial charge in [-0.2, -0.15) is 0 Å². The molecule has 0 saturated heterocycles. The fourth-order valence-corrected chi connectivity index (χ4v) is 2.54. The van der Waals surface area contributed by atoms with Gasteiger partial charge < -0.3 is 4.74 Å². The first-order valence-corrected chi connectivity index (χ1v) is 6.17. The standard InChI is InChI=1S/C15H11ClO2/c16-14-8-10(9-17)4-5-12(14)13-3-1-2-11-6-7-18-15(11)13/h1-5,8-9H,6-7H2. The molecule has 3 rings (SSSR count). The zero-order valence-corrected chi connectivity index (χ0v) is 10.4. The van der Waals surface area contributed by atoms with Gasteiger partial charge in [0.25, 0.3) is 0 Å². The van der Waals surface area contributed by atoms with Crippen LogP contribution >= 0.6 is 11.6 Å². The molecule has 0 aromatic heterocycles. The van der Waals surface area contributed by atoms with Gasteiger partial charge in [-0.15, -0.1) is 0 Å². The fourth-order valence-electron chi connectivity index (χ4n) is 2.25. The first-order chi connectivity index (χ1) is 8.79. The summed E-state index contributed by atoms with van der Waals surface area (Å²) in [6, 6.07) is 11.4. The van der Waals surface area contributed by atoms with E-state index in [1.807, 2.05) is 18.2 Å². The number of aldehydes is 1. The van der Waals surface area contributed by atoms with Gasteiger partial charge in [0.2, 0.25) is 0 Å². The molecule has 0 bridgehead atoms. The number of fused-ring (bicyclic) bond motifs is 1. The highest BCUT2D eigenvalue weighted by atomic mass is 35.5. The molecule has 1 aliphatic heterocycles. The maximum atomic E-state index is 10.7. The van der Waals surface area contributed by atoms with Crippen LogP contribution in [0.15, 0.2) is 36.4 Å². The van der Waals surface area contributed by atoms with Crippen molar-refractivity contribution in [2.45, 2.75) is 6.42 Å². The van der Waals surface area contributed by atoms with E-state index in [2.05, 4.69) is 6.07 Å². The van der Waals surface area contributed by atoms with E-state index in [9.17, 15) is 4.79 Å². The van der Waals surface area contributed by atoms with Crippen LogP contribution in [-0.2, 0) is 6.42 Å². The van der Waals surface area contributed by atoms with Crippen LogP contribution in [0.1, 0.15) is 15.9 Å². The molecule has 0 fully saturated rings. The highest BCUT2D eigenvalue weighted by molar-refractivity contribution is 6.33. The smallest absolute Gasteiger partial charge is 0.150 e. The van der Waals surface area contributed by atoms with E-state index >= 15 is 0 Å². The number of carbonyl (C=O) groups is 1. The molecule has 2 aromatic rings. The van der Waals surface area contributed by atoms with Crippen LogP contribution in [-0.4, -0.2) is 12.9 Å². The molecule has 1 heterocycles. The van der Waals surface area contributed by atoms with Gasteiger partial charge in [0.05, 0.1) is 6.61 Å². The van der Waals surface area contributed by atoms with Gasteiger partial charge in [0.1, 0.15) is 12.0 Å². The Hall–Kier alpha value is -1.80. The van der Waals surface area contributed by atoms with Crippen LogP contribution in [0.3, 0.4) is 0 Å². The van der Waals surface area contributed by atoms with Crippen LogP contribution in [0.2, 0.25) is 5.02 Å². The van der Waals surface area contributed by atoms with Gasteiger partial charge in [0, 0.05) is 28.1 Å². The van der Waals surface area contributed by atoms with Gasteiger partial charge in [0.15, 0.2) is 0 Å². The van der Waals surface area contributed by atoms with E-state index in [1.54, 1.807) is 12.1 Å². The largest absolute Gasteiger partial charge is 0.492 e. The van der Waals surface area contributed by atoms with Crippen molar-refractivity contribution in [1.29, 1.82) is 0 Å². The van der Waals surface area contributed by atoms with E-state index in [1.165, 1.54) is 5.56 Å². The fraction of sp³-hybridized carbons (Fsp3) is 0.133. The normalized spacial score (nSPS) is 12.9. The third-order valence-electron chi connectivity index (χ3n) is 3.13. The van der Waals surface area contributed by atoms with Crippen molar-refractivity contribution < 1.29 is 9.53 Å². The molecular weight excluding hydrogens is 248 g/mol. The molecular formula is C15H11ClO2. The Morgan fingerprint density at radius 1 is 1.17 bits per heavy atom. The Balaban J connectivity index is 2.16. The second kappa shape index (κ2) is 4.46. The molecule has 0 amide bonds. The number of carbonyl (C=O) groups excluding carboxylic acids is 1. The Morgan fingerprint density at radius 2 is 2.06 bits per heavy atom. The van der Waals surface area contributed by atoms with Crippen molar-refractivity contribution in [2.24, 2.45) is 0 Å². The maximum absolute atomic E-state index is 10.7. The third kappa shape index (κ3) is 1.79. The molecule has 0 unspecified atom stereocenters. The van der Waals surface area contributed by atoms with Gasteiger partial charge in [-0.25, -0.2) is 0 Å². The van der Waals surface area contributed by atoms with Crippen LogP contribution in [0.5, 0.6) is 5.75 Å². The van der Waals surface area contributed by atoms with Crippen LogP contribution in [0.25, 0.3) is 11.1 Å². The summed E-state index contributed by atoms with van der Waals surface area (Å²) in [6.45, 7) is 0.719. The van der Waals surface area contributed by atoms with Crippen molar-refractivity contribution in [1.82, 2.24) is 0 Å². The first-order valence-electron chi connectivity index (χ1n) is 5.79. The molecule has 0 saturated carbocycles. The Kier molecular flexibility index (Phi) is 2.80. The molecule has 0 aliphatic carbocycles. The van der Waals surface area contributed by atoms with Crippen LogP contribution < -0.4 is 4.74 Å². The Labute approximate surface area is 110 Å². The average molecular weight is 259 g/mol. The number of hydrogen-bond acceptors (Lipinski definition) is 2. The van der Waals surface area contributed by atoms with E-state index < -0.39 is 0 Å². The minimum Gasteiger partial charge on any atom is -0.492 e. The Morgan fingerprint density at radius 3 is 2.83 bits per heavy atom. The average Bonchev–Trinajstić information content (AvgIpc) is 2.87. The van der Waals surface area contributed by atoms with Crippen molar-refractivity contribution in [2.75, 3.05) is 6.61 Å². The number of hydrogen-bond donors (Lipinski definition) is 0. The van der Waals surface area contributed by atoms with Crippen LogP contribution in [0.4, 0.5) is 0 Å². The lowest BCUT2D eigenvalue weighted by molar-refractivity contribution is 0.112. The molecule has 1 aliphatic rings. The number of benzene rings is 2. The first kappa shape index (κ1) is 11.3. The number of halogens is 1. The zero-order valence-electron chi connectivity index (χ0n) is 9.65. The summed E-state index contributed by atoms with van der Waals surface area (Å²) >= 11 is 6.23. The van der Waals surface area contributed by atoms with Gasteiger partial charge in [-0.05, 0) is 11.6 Å². The van der Waals surface area contributed by atoms with Crippen LogP contribution in [0, 0.1) is 0 Å². The van der Waals surface area contributed by atoms with E-state index in [0.29, 0.717) is 10.6 Å². The monoisotopic (exact) mass is 258 g/mol. The topological polar surface area (TPSA) is 26.3 Å². The molecule has 2 nitrogen and oxygen atoms in total. The molecule has 0 atom stereocenters. The summed E-state index contributed by atoms with van der Waals surface area (Å²) in [6.07, 6.45) is 1.73. The number of rotatable bonds is 2. The summed E-state index contributed by atoms with van der Waals surface area (Å²) in [5.74, 6) is 0.915. The predicted molar refractivity (Wildman–Crippen MR) is 71.5 cm³/mol. The molecule has 2 aromatic carbocycles. The highest BCUT2D eigenvalue weighted by Crippen LogP contribution is 2.39. The highest BCUT2D eigenvalue weighted by Gasteiger charge is 2.18. The van der Waals surface area contributed by atoms with E-state index in [0.717, 1.165) is 36.2 Å². The molecule has 18 heavy (non-hydrogen) atoms. The summed E-state index contributed by atoms with van der Waals surface area (Å²) < 4.78 is 5.67. The second-order valence-corrected chi connectivity index (χ2v) is 4.66. The minimum absolute atomic E-state index is 0.573. The van der Waals surface area contributed by atoms with Gasteiger partial charge >= 0.3 is 0 Å². The predicted octanol–water partition coefficient (Wildman–Crippen LogP) is 3.75. The molecule has 90 valence electrons. The quantitative estimate of drug-likeness (QED) is 0.767. The SMILES string of the molecule is O=Cc1ccc(-c2cccc3c2OCC3)c(Cl)c1. The number of ether oxygens (including phenoxy) is 1. The maximum Gasteiger partial charge on any atom is 0.150 e. The summed E-state index contributed by atoms with van der Waals surface area (Å²) in [5.41, 5.74) is 3.69. The van der Waals surface area contributed by atoms with E-state index in [4.69, 9.17) is 16.3 Å². The summed E-state index contributed by atoms with van der Waals surface area (Å²) in [5, 5.41) is 0.573. The minimum atomic E-state index is 0.573. The molecule has 0 spiro atoms. The molecule has 0 N–H and O–H groups in total. The number of para-hydroxylation sites is 1. The summed E-state index contributed by atoms with van der Waals surface area (Å²) in [7, 11) is 0. The van der Waals surface area contributed by atoms with Crippen molar-refractivity contribution in [3.63, 3.8) is 0 Å². The van der Waals surface area contributed by atoms with Crippen molar-refractivity contribution >= 4 is 17.9 Å². The molecule has 3 heteroatoms. The van der Waals surface area contributed by atoms with Crippen molar-refractivity contribution in [3.05, 3.63) is 52.5 Å². The second-order valence-electron chi connectivity index (χ2n) is 4.25. The lowest BCUT2D eigenvalue weighted by atomic mass is 10.0. The Bertz CT molecular complexity index is 620. The zero-order chi connectivity index (χ0) is 12.5. The third-order valence-corrected chi connectivity index (χ3v) is 3.45. The van der Waals surface area contributed by atoms with Crippen molar-refractivity contribution in [3.8, 4) is 16.9 Å².